The molecule has 1 spiro atoms. The summed E-state index contributed by atoms with van der Waals surface area (Å²) in [5.74, 6) is -2.25. The van der Waals surface area contributed by atoms with Gasteiger partial charge in [0.2, 0.25) is 0 Å². The third-order valence-corrected chi connectivity index (χ3v) is 11.5. The fraction of sp³-hybridized carbons (Fsp3) is 0.406. The van der Waals surface area contributed by atoms with Crippen LogP contribution in [-0.2, 0) is 0 Å². The van der Waals surface area contributed by atoms with Crippen molar-refractivity contribution in [3.05, 3.63) is 53.5 Å². The van der Waals surface area contributed by atoms with Gasteiger partial charge in [0.15, 0.2) is 0 Å². The van der Waals surface area contributed by atoms with Gasteiger partial charge in [0.1, 0.15) is 35.4 Å². The number of hydrogen-bond acceptors (Lipinski definition) is 9. The van der Waals surface area contributed by atoms with Crippen LogP contribution < -0.4 is 20.7 Å². The van der Waals surface area contributed by atoms with E-state index in [9.17, 15) is 13.2 Å². The Morgan fingerprint density at radius 3 is 2.81 bits per heavy atom. The Morgan fingerprint density at radius 2 is 2.02 bits per heavy atom. The van der Waals surface area contributed by atoms with Gasteiger partial charge in [0.05, 0.1) is 16.5 Å². The number of nitrogens with zero attached hydrogens (tertiary/aromatic N) is 5. The minimum Gasteiger partial charge on any atom is -0.461 e. The largest absolute Gasteiger partial charge is 0.461 e. The number of anilines is 2. The van der Waals surface area contributed by atoms with Gasteiger partial charge in [-0.15, -0.1) is 11.5 Å². The zero-order valence-electron chi connectivity index (χ0n) is 24.8. The van der Waals surface area contributed by atoms with E-state index in [0.29, 0.717) is 43.9 Å². The standard InChI is InChI=1S/C32H27F5N7OS.Cm/c1-14-6-32-8-16(40-12-32)11-44(32)29-21-20(14)23(34)22(25-17-5-19(38)46-27(17)18(33)9-39-25)24(35)26(21)41-30(42-29)45-13-31-3-2-4-43(31)10-15(7-31)28(36)37;/h9,16,40H,1-4,6-8,10-13,38H2;/q-1;/t16-,31+,32-;/m1./s1. The van der Waals surface area contributed by atoms with E-state index in [1.165, 1.54) is 0 Å². The van der Waals surface area contributed by atoms with Gasteiger partial charge in [0, 0.05) is 53.6 Å². The molecule has 3 N–H and O–H groups in total. The van der Waals surface area contributed by atoms with E-state index in [2.05, 4.69) is 32.8 Å². The molecule has 246 valence electrons. The molecule has 4 aromatic rings. The van der Waals surface area contributed by atoms with Crippen molar-refractivity contribution in [3.63, 3.8) is 0 Å². The zero-order chi connectivity index (χ0) is 31.7. The minimum absolute atomic E-state index is 0. The van der Waals surface area contributed by atoms with Crippen LogP contribution in [0.15, 0.2) is 24.4 Å². The molecule has 4 saturated heterocycles. The molecule has 3 aromatic heterocycles. The maximum atomic E-state index is 16.9. The molecule has 3 atom stereocenters. The Bertz CT molecular complexity index is 2070. The predicted octanol–water partition coefficient (Wildman–Crippen LogP) is 5.81. The molecule has 2 bridgehead atoms. The summed E-state index contributed by atoms with van der Waals surface area (Å²) in [4.78, 5) is 17.5. The van der Waals surface area contributed by atoms with E-state index in [4.69, 9.17) is 15.5 Å². The van der Waals surface area contributed by atoms with Crippen LogP contribution in [0.4, 0.5) is 32.8 Å². The normalized spacial score (nSPS) is 26.2. The number of pyridine rings is 1. The smallest absolute Gasteiger partial charge is 0.319 e. The van der Waals surface area contributed by atoms with Gasteiger partial charge in [-0.3, -0.25) is 4.90 Å². The molecule has 47 heavy (non-hydrogen) atoms. The Labute approximate surface area is 263 Å². The van der Waals surface area contributed by atoms with Crippen molar-refractivity contribution in [2.24, 2.45) is 0 Å². The van der Waals surface area contributed by atoms with Crippen LogP contribution in [0.2, 0.25) is 0 Å². The van der Waals surface area contributed by atoms with Crippen molar-refractivity contribution in [1.29, 1.82) is 0 Å². The molecular weight excluding hydrogens is 872 g/mol. The molecule has 8 heterocycles. The van der Waals surface area contributed by atoms with Crippen molar-refractivity contribution in [3.8, 4) is 17.3 Å². The number of thiophene rings is 1. The molecule has 0 radical (unpaired) electrons. The molecule has 5 aliphatic heterocycles. The second-order valence-electron chi connectivity index (χ2n) is 13.2. The van der Waals surface area contributed by atoms with Crippen LogP contribution in [0.25, 0.3) is 37.8 Å². The Kier molecular flexibility index (Phi) is 6.16. The average molecular weight is 900 g/mol. The SMILES string of the molecule is C=C1C[C@@]23CN[C@@H](CN2c2nc(OC[C@@]45CCCN4CC(=C(F)F)C5)nc4c(F)c(-c5ncc(F)c6sc(N)[c-]c56)c(F)c1c24)C3.[Cm]. The van der Waals surface area contributed by atoms with Crippen molar-refractivity contribution >= 4 is 48.7 Å². The number of benzene rings is 1. The summed E-state index contributed by atoms with van der Waals surface area (Å²) in [6.45, 7) is 6.30. The van der Waals surface area contributed by atoms with E-state index in [1.54, 1.807) is 0 Å². The number of nitrogen functional groups attached to an aromatic ring is 1. The quantitative estimate of drug-likeness (QED) is 0.196. The van der Waals surface area contributed by atoms with Gasteiger partial charge in [-0.1, -0.05) is 6.58 Å². The van der Waals surface area contributed by atoms with Crippen molar-refractivity contribution in [1.82, 2.24) is 25.2 Å². The summed E-state index contributed by atoms with van der Waals surface area (Å²) in [5.41, 5.74) is 4.60. The minimum atomic E-state index is -1.67. The summed E-state index contributed by atoms with van der Waals surface area (Å²) in [6, 6.07) is 2.84. The third-order valence-electron chi connectivity index (χ3n) is 10.5. The molecule has 0 amide bonds. The summed E-state index contributed by atoms with van der Waals surface area (Å²) in [5, 5.41) is 3.89. The van der Waals surface area contributed by atoms with Gasteiger partial charge in [0.25, 0.3) is 6.08 Å². The fourth-order valence-electron chi connectivity index (χ4n) is 8.58. The van der Waals surface area contributed by atoms with Gasteiger partial charge in [-0.25, -0.2) is 13.2 Å². The maximum Gasteiger partial charge on any atom is 0.319 e. The predicted molar refractivity (Wildman–Crippen MR) is 164 cm³/mol. The Morgan fingerprint density at radius 1 is 1.19 bits per heavy atom. The van der Waals surface area contributed by atoms with E-state index < -0.39 is 40.2 Å². The number of hydrogen-bond donors (Lipinski definition) is 2. The number of ether oxygens (including phenoxy) is 1. The van der Waals surface area contributed by atoms with E-state index in [0.717, 1.165) is 30.4 Å². The first-order chi connectivity index (χ1) is 22.1. The summed E-state index contributed by atoms with van der Waals surface area (Å²) < 4.78 is 82.0. The number of nitrogens with one attached hydrogen (secondary N) is 1. The average Bonchev–Trinajstić information content (AvgIpc) is 3.82. The van der Waals surface area contributed by atoms with Gasteiger partial charge >= 0.3 is 6.01 Å². The molecule has 0 unspecified atom stereocenters. The van der Waals surface area contributed by atoms with Crippen molar-refractivity contribution < 1.29 is 26.7 Å². The third kappa shape index (κ3) is 3.96. The van der Waals surface area contributed by atoms with E-state index in [-0.39, 0.29) is 74.4 Å². The molecule has 9 rings (SSSR count). The number of piperazine rings is 1. The first-order valence-electron chi connectivity index (χ1n) is 15.2. The topological polar surface area (TPSA) is 92.4 Å². The van der Waals surface area contributed by atoms with E-state index in [1.807, 2.05) is 4.90 Å². The second kappa shape index (κ2) is 9.81. The monoisotopic (exact) mass is 895 g/mol. The molecule has 5 aliphatic rings. The van der Waals surface area contributed by atoms with Crippen LogP contribution >= 0.6 is 11.3 Å². The van der Waals surface area contributed by atoms with E-state index >= 15 is 8.78 Å². The Hall–Kier alpha value is -4.88. The summed E-state index contributed by atoms with van der Waals surface area (Å²) in [6.07, 6.45) is 2.07. The fourth-order valence-corrected chi connectivity index (χ4v) is 9.35. The number of fused-ring (bicyclic) bond motifs is 4. The van der Waals surface area contributed by atoms with Crippen LogP contribution in [0.5, 0.6) is 6.01 Å². The van der Waals surface area contributed by atoms with Crippen LogP contribution in [0, 0.1) is 23.5 Å². The molecular formula is C32H27CmF5N7OS-. The second-order valence-corrected chi connectivity index (χ2v) is 14.2. The maximum absolute atomic E-state index is 16.9. The zero-order valence-corrected chi connectivity index (χ0v) is 28.6. The molecule has 8 nitrogen and oxygen atoms in total. The number of halogens is 5. The number of rotatable bonds is 4. The molecule has 0 aliphatic carbocycles. The molecule has 0 saturated carbocycles. The first kappa shape index (κ1) is 29.5. The molecule has 1 aromatic carbocycles. The number of nitrogens with two attached hydrogens (primary N) is 1. The van der Waals surface area contributed by atoms with Crippen LogP contribution in [0.1, 0.15) is 37.7 Å². The Balaban J connectivity index is 0.00000324. The molecule has 4 fully saturated rings. The molecule has 15 heteroatoms. The summed E-state index contributed by atoms with van der Waals surface area (Å²) >= 11 is 0.910. The van der Waals surface area contributed by atoms with Crippen LogP contribution in [-0.4, -0.2) is 69.8 Å². The summed E-state index contributed by atoms with van der Waals surface area (Å²) in [7, 11) is 0. The van der Waals surface area contributed by atoms with Gasteiger partial charge in [-0.2, -0.15) is 30.1 Å². The van der Waals surface area contributed by atoms with Crippen LogP contribution in [0.3, 0.4) is 0 Å². The van der Waals surface area contributed by atoms with Gasteiger partial charge in [-0.05, 0) is 54.6 Å². The first-order valence-corrected chi connectivity index (χ1v) is 16.0. The van der Waals surface area contributed by atoms with Crippen molar-refractivity contribution in [2.45, 2.75) is 49.2 Å². The van der Waals surface area contributed by atoms with Crippen molar-refractivity contribution in [2.75, 3.05) is 43.4 Å². The van der Waals surface area contributed by atoms with Gasteiger partial charge < -0.3 is 25.7 Å². The number of aromatic nitrogens is 3.